The van der Waals surface area contributed by atoms with E-state index in [0.29, 0.717) is 23.1 Å². The van der Waals surface area contributed by atoms with Gasteiger partial charge in [-0.2, -0.15) is 0 Å². The highest BCUT2D eigenvalue weighted by Gasteiger charge is 2.19. The molecule has 7 heteroatoms. The summed E-state index contributed by atoms with van der Waals surface area (Å²) in [6.45, 7) is 5.44. The third kappa shape index (κ3) is 5.00. The molecule has 1 aromatic rings. The Labute approximate surface area is 164 Å². The summed E-state index contributed by atoms with van der Waals surface area (Å²) in [6.07, 6.45) is 5.71. The van der Waals surface area contributed by atoms with E-state index >= 15 is 0 Å². The van der Waals surface area contributed by atoms with Crippen LogP contribution in [0, 0.1) is 0 Å². The molecule has 2 aliphatic rings. The van der Waals surface area contributed by atoms with E-state index in [-0.39, 0.29) is 11.7 Å². The summed E-state index contributed by atoms with van der Waals surface area (Å²) in [7, 11) is 0. The number of piperazine rings is 1. The number of Topliss-reactive ketones (excluding diaryl/α,β-unsaturated/α-hetero) is 1. The molecule has 2 heterocycles. The van der Waals surface area contributed by atoms with E-state index in [0.717, 1.165) is 51.3 Å². The molecule has 5 nitrogen and oxygen atoms in total. The summed E-state index contributed by atoms with van der Waals surface area (Å²) in [4.78, 5) is 20.3. The number of carbonyl (C=O) groups is 1. The zero-order chi connectivity index (χ0) is 18.4. The first-order valence-electron chi connectivity index (χ1n) is 8.95. The van der Waals surface area contributed by atoms with Gasteiger partial charge >= 0.3 is 0 Å². The maximum Gasteiger partial charge on any atom is 0.258 e. The molecule has 0 unspecified atom stereocenters. The average molecular weight is 396 g/mol. The Kier molecular flexibility index (Phi) is 6.94. The quantitative estimate of drug-likeness (QED) is 0.687. The molecule has 0 spiro atoms. The van der Waals surface area contributed by atoms with Gasteiger partial charge in [0, 0.05) is 38.8 Å². The molecule has 1 fully saturated rings. The van der Waals surface area contributed by atoms with Crippen LogP contribution in [0.3, 0.4) is 0 Å². The zero-order valence-electron chi connectivity index (χ0n) is 14.7. The SMILES string of the molecule is O=C1CC=CN=C1OCCCCN1CCN(c2cccc(Cl)c2Cl)CC1. The maximum atomic E-state index is 11.6. The van der Waals surface area contributed by atoms with Crippen molar-refractivity contribution in [2.24, 2.45) is 4.99 Å². The number of anilines is 1. The highest BCUT2D eigenvalue weighted by Crippen LogP contribution is 2.32. The number of hydrogen-bond donors (Lipinski definition) is 0. The van der Waals surface area contributed by atoms with Crippen LogP contribution >= 0.6 is 23.2 Å². The summed E-state index contributed by atoms with van der Waals surface area (Å²) in [5, 5.41) is 1.23. The lowest BCUT2D eigenvalue weighted by Gasteiger charge is -2.36. The van der Waals surface area contributed by atoms with Gasteiger partial charge in [0.1, 0.15) is 0 Å². The van der Waals surface area contributed by atoms with Gasteiger partial charge in [0.2, 0.25) is 5.78 Å². The number of allylic oxidation sites excluding steroid dienone is 1. The molecule has 1 aromatic carbocycles. The molecule has 1 saturated heterocycles. The second-order valence-corrected chi connectivity index (χ2v) is 7.19. The molecule has 0 aliphatic carbocycles. The van der Waals surface area contributed by atoms with E-state index in [2.05, 4.69) is 14.8 Å². The molecule has 0 saturated carbocycles. The number of benzene rings is 1. The minimum atomic E-state index is -0.0386. The number of carbonyl (C=O) groups excluding carboxylic acids is 1. The summed E-state index contributed by atoms with van der Waals surface area (Å²) in [6, 6.07) is 5.77. The van der Waals surface area contributed by atoms with Crippen LogP contribution in [0.5, 0.6) is 0 Å². The minimum Gasteiger partial charge on any atom is -0.475 e. The fourth-order valence-corrected chi connectivity index (χ4v) is 3.53. The first kappa shape index (κ1) is 19.2. The molecule has 140 valence electrons. The molecular weight excluding hydrogens is 373 g/mol. The standard InChI is InChI=1S/C19H23Cl2N3O2/c20-15-5-3-6-16(18(15)21)24-12-10-23(11-13-24)9-1-2-14-26-19-17(25)7-4-8-22-19/h3-6,8H,1-2,7,9-14H2. The number of nitrogens with zero attached hydrogens (tertiary/aromatic N) is 3. The molecular formula is C19H23Cl2N3O2. The maximum absolute atomic E-state index is 11.6. The van der Waals surface area contributed by atoms with E-state index in [1.54, 1.807) is 12.3 Å². The fraction of sp³-hybridized carbons (Fsp3) is 0.474. The van der Waals surface area contributed by atoms with Crippen molar-refractivity contribution in [2.75, 3.05) is 44.2 Å². The van der Waals surface area contributed by atoms with Crippen LogP contribution in [0.4, 0.5) is 5.69 Å². The van der Waals surface area contributed by atoms with Gasteiger partial charge in [-0.05, 0) is 31.5 Å². The third-order valence-corrected chi connectivity index (χ3v) is 5.40. The Morgan fingerprint density at radius 2 is 1.92 bits per heavy atom. The van der Waals surface area contributed by atoms with E-state index in [1.165, 1.54) is 0 Å². The van der Waals surface area contributed by atoms with Crippen LogP contribution in [0.15, 0.2) is 35.5 Å². The number of hydrogen-bond acceptors (Lipinski definition) is 5. The summed E-state index contributed by atoms with van der Waals surface area (Å²) < 4.78 is 5.48. The van der Waals surface area contributed by atoms with Crippen molar-refractivity contribution in [3.63, 3.8) is 0 Å². The van der Waals surface area contributed by atoms with Gasteiger partial charge in [0.05, 0.1) is 22.3 Å². The monoisotopic (exact) mass is 395 g/mol. The Morgan fingerprint density at radius 3 is 2.69 bits per heavy atom. The lowest BCUT2D eigenvalue weighted by molar-refractivity contribution is -0.113. The number of ether oxygens (including phenoxy) is 1. The van der Waals surface area contributed by atoms with Gasteiger partial charge < -0.3 is 9.64 Å². The number of rotatable bonds is 6. The third-order valence-electron chi connectivity index (χ3n) is 4.59. The summed E-state index contributed by atoms with van der Waals surface area (Å²) >= 11 is 12.4. The molecule has 26 heavy (non-hydrogen) atoms. The van der Waals surface area contributed by atoms with Gasteiger partial charge in [0.15, 0.2) is 0 Å². The lowest BCUT2D eigenvalue weighted by atomic mass is 10.2. The highest BCUT2D eigenvalue weighted by molar-refractivity contribution is 6.43. The lowest BCUT2D eigenvalue weighted by Crippen LogP contribution is -2.46. The van der Waals surface area contributed by atoms with Crippen molar-refractivity contribution in [1.29, 1.82) is 0 Å². The molecule has 3 rings (SSSR count). The number of halogens is 2. The van der Waals surface area contributed by atoms with Crippen LogP contribution < -0.4 is 4.90 Å². The molecule has 0 atom stereocenters. The van der Waals surface area contributed by atoms with Crippen LogP contribution in [0.2, 0.25) is 10.0 Å². The predicted octanol–water partition coefficient (Wildman–Crippen LogP) is 3.80. The van der Waals surface area contributed by atoms with Crippen molar-refractivity contribution in [2.45, 2.75) is 19.3 Å². The number of ketones is 1. The van der Waals surface area contributed by atoms with E-state index < -0.39 is 0 Å². The summed E-state index contributed by atoms with van der Waals surface area (Å²) in [5.41, 5.74) is 1.01. The van der Waals surface area contributed by atoms with Crippen LogP contribution in [0.1, 0.15) is 19.3 Å². The van der Waals surface area contributed by atoms with Crippen LogP contribution in [0.25, 0.3) is 0 Å². The second kappa shape index (κ2) is 9.40. The zero-order valence-corrected chi connectivity index (χ0v) is 16.2. The Hall–Kier alpha value is -1.56. The highest BCUT2D eigenvalue weighted by atomic mass is 35.5. The normalized spacial score (nSPS) is 18.2. The molecule has 0 amide bonds. The number of unbranched alkanes of at least 4 members (excludes halogenated alkanes) is 1. The fourth-order valence-electron chi connectivity index (χ4n) is 3.11. The molecule has 0 bridgehead atoms. The topological polar surface area (TPSA) is 45.1 Å². The Morgan fingerprint density at radius 1 is 1.12 bits per heavy atom. The van der Waals surface area contributed by atoms with E-state index in [9.17, 15) is 4.79 Å². The first-order chi connectivity index (χ1) is 12.6. The van der Waals surface area contributed by atoms with Crippen molar-refractivity contribution in [1.82, 2.24) is 4.90 Å². The van der Waals surface area contributed by atoms with Crippen molar-refractivity contribution < 1.29 is 9.53 Å². The van der Waals surface area contributed by atoms with Gasteiger partial charge in [-0.15, -0.1) is 0 Å². The summed E-state index contributed by atoms with van der Waals surface area (Å²) in [5.74, 6) is 0.211. The van der Waals surface area contributed by atoms with Crippen molar-refractivity contribution in [3.05, 3.63) is 40.5 Å². The Bertz CT molecular complexity index is 698. The van der Waals surface area contributed by atoms with Crippen LogP contribution in [-0.4, -0.2) is 55.9 Å². The van der Waals surface area contributed by atoms with E-state index in [4.69, 9.17) is 27.9 Å². The van der Waals surface area contributed by atoms with Crippen LogP contribution in [-0.2, 0) is 9.53 Å². The largest absolute Gasteiger partial charge is 0.475 e. The van der Waals surface area contributed by atoms with Crippen molar-refractivity contribution >= 4 is 40.6 Å². The smallest absolute Gasteiger partial charge is 0.258 e. The van der Waals surface area contributed by atoms with Gasteiger partial charge in [-0.25, -0.2) is 4.99 Å². The second-order valence-electron chi connectivity index (χ2n) is 6.40. The predicted molar refractivity (Wildman–Crippen MR) is 107 cm³/mol. The molecule has 0 radical (unpaired) electrons. The Balaban J connectivity index is 1.34. The first-order valence-corrected chi connectivity index (χ1v) is 9.71. The van der Waals surface area contributed by atoms with Crippen molar-refractivity contribution in [3.8, 4) is 0 Å². The molecule has 2 aliphatic heterocycles. The van der Waals surface area contributed by atoms with E-state index in [1.807, 2.05) is 18.2 Å². The van der Waals surface area contributed by atoms with Gasteiger partial charge in [0.25, 0.3) is 5.90 Å². The minimum absolute atomic E-state index is 0.0386. The average Bonchev–Trinajstić information content (AvgIpc) is 2.66. The van der Waals surface area contributed by atoms with Gasteiger partial charge in [-0.3, -0.25) is 9.69 Å². The molecule has 0 N–H and O–H groups in total. The number of aliphatic imine (C=N–C) groups is 1. The van der Waals surface area contributed by atoms with Gasteiger partial charge in [-0.1, -0.05) is 35.3 Å². The molecule has 0 aromatic heterocycles.